The van der Waals surface area contributed by atoms with Crippen LogP contribution in [0.4, 0.5) is 0 Å². The Bertz CT molecular complexity index is 1530. The second kappa shape index (κ2) is 11.6. The molecular weight excluding hydrogens is 476 g/mol. The van der Waals surface area contributed by atoms with Crippen LogP contribution in [0, 0.1) is 0 Å². The predicted molar refractivity (Wildman–Crippen MR) is 148 cm³/mol. The number of nitrogens with zero attached hydrogens (tertiary/aromatic N) is 5. The highest BCUT2D eigenvalue weighted by Gasteiger charge is 2.17. The smallest absolute Gasteiger partial charge is 0.242 e. The average molecular weight is 507 g/mol. The fraction of sp³-hybridized carbons (Fsp3) is 0.200. The maximum atomic E-state index is 13.2. The van der Waals surface area contributed by atoms with Crippen LogP contribution in [0.3, 0.4) is 0 Å². The summed E-state index contributed by atoms with van der Waals surface area (Å²) in [5.41, 5.74) is 5.02. The Kier molecular flexibility index (Phi) is 7.59. The molecule has 5 aromatic rings. The van der Waals surface area contributed by atoms with Crippen molar-refractivity contribution in [1.82, 2.24) is 30.1 Å². The van der Waals surface area contributed by atoms with Gasteiger partial charge in [-0.3, -0.25) is 4.79 Å². The first-order chi connectivity index (χ1) is 18.6. The summed E-state index contributed by atoms with van der Waals surface area (Å²) in [6, 6.07) is 26.2. The van der Waals surface area contributed by atoms with Crippen LogP contribution in [0.5, 0.6) is 5.75 Å². The number of tetrazole rings is 1. The van der Waals surface area contributed by atoms with Crippen LogP contribution in [-0.4, -0.2) is 49.6 Å². The van der Waals surface area contributed by atoms with E-state index >= 15 is 0 Å². The topological polar surface area (TPSA) is 88.9 Å². The van der Waals surface area contributed by atoms with Crippen LogP contribution < -0.4 is 4.74 Å². The normalized spacial score (nSPS) is 11.6. The van der Waals surface area contributed by atoms with E-state index in [1.807, 2.05) is 97.5 Å². The van der Waals surface area contributed by atoms with Crippen molar-refractivity contribution in [2.75, 3.05) is 13.6 Å². The van der Waals surface area contributed by atoms with Gasteiger partial charge in [0, 0.05) is 30.7 Å². The summed E-state index contributed by atoms with van der Waals surface area (Å²) in [7, 11) is 1.85. The summed E-state index contributed by atoms with van der Waals surface area (Å²) in [6.45, 7) is 3.26. The fourth-order valence-corrected chi connectivity index (χ4v) is 4.41. The zero-order chi connectivity index (χ0) is 26.3. The van der Waals surface area contributed by atoms with E-state index in [2.05, 4.69) is 32.8 Å². The molecule has 0 saturated carbocycles. The lowest BCUT2D eigenvalue weighted by Crippen LogP contribution is -2.31. The van der Waals surface area contributed by atoms with Crippen molar-refractivity contribution in [3.63, 3.8) is 0 Å². The van der Waals surface area contributed by atoms with Gasteiger partial charge in [-0.25, -0.2) is 5.10 Å². The minimum atomic E-state index is 0.0418. The molecule has 192 valence electrons. The number of hydrogen-bond donors (Lipinski definition) is 1. The van der Waals surface area contributed by atoms with Crippen LogP contribution in [0.25, 0.3) is 22.6 Å². The molecule has 0 fully saturated rings. The van der Waals surface area contributed by atoms with Gasteiger partial charge in [-0.1, -0.05) is 66.7 Å². The van der Waals surface area contributed by atoms with Gasteiger partial charge in [-0.15, -0.1) is 5.10 Å². The highest BCUT2D eigenvalue weighted by molar-refractivity contribution is 5.98. The second-order valence-electron chi connectivity index (χ2n) is 9.26. The highest BCUT2D eigenvalue weighted by atomic mass is 16.5. The summed E-state index contributed by atoms with van der Waals surface area (Å²) < 4.78 is 8.28. The molecule has 0 aliphatic carbocycles. The molecule has 2 aromatic heterocycles. The average Bonchev–Trinajstić information content (AvgIpc) is 3.61. The number of carbonyl (C=O) groups is 1. The Balaban J connectivity index is 1.43. The summed E-state index contributed by atoms with van der Waals surface area (Å²) in [4.78, 5) is 15.0. The summed E-state index contributed by atoms with van der Waals surface area (Å²) in [6.07, 6.45) is 4.82. The fourth-order valence-electron chi connectivity index (χ4n) is 4.41. The number of ether oxygens (including phenoxy) is 1. The van der Waals surface area contributed by atoms with Crippen molar-refractivity contribution >= 4 is 28.5 Å². The van der Waals surface area contributed by atoms with Crippen LogP contribution in [0.2, 0.25) is 0 Å². The second-order valence-corrected chi connectivity index (χ2v) is 9.26. The first-order valence-electron chi connectivity index (χ1n) is 12.6. The van der Waals surface area contributed by atoms with Crippen molar-refractivity contribution < 1.29 is 9.53 Å². The first kappa shape index (κ1) is 25.0. The minimum Gasteiger partial charge on any atom is -0.488 e. The molecule has 0 atom stereocenters. The van der Waals surface area contributed by atoms with Crippen LogP contribution in [-0.2, 0) is 24.4 Å². The first-order valence-corrected chi connectivity index (χ1v) is 12.6. The number of amides is 1. The van der Waals surface area contributed by atoms with Crippen molar-refractivity contribution in [3.8, 4) is 5.75 Å². The third-order valence-corrected chi connectivity index (χ3v) is 6.54. The summed E-state index contributed by atoms with van der Waals surface area (Å²) in [5, 5.41) is 15.2. The van der Waals surface area contributed by atoms with Crippen molar-refractivity contribution in [1.29, 1.82) is 0 Å². The number of H-pyrrole nitrogens is 1. The standard InChI is InChI=1S/C30H30N6O2/c1-22(30-31-33-34-32-30)18-25-19-36(20-28(37)35(2)17-16-23-10-5-3-6-11-23)26-14-9-15-27(29(25)26)38-21-24-12-7-4-8-13-24/h3-15,18-19H,16-17,20-21H2,1-2H3,(H,31,32,33,34)/b22-18+. The molecule has 0 radical (unpaired) electrons. The number of aromatic amines is 1. The molecule has 1 N–H and O–H groups in total. The van der Waals surface area contributed by atoms with Gasteiger partial charge in [0.05, 0.1) is 5.52 Å². The molecule has 5 rings (SSSR count). The van der Waals surface area contributed by atoms with E-state index < -0.39 is 0 Å². The van der Waals surface area contributed by atoms with Gasteiger partial charge in [-0.2, -0.15) is 0 Å². The Morgan fingerprint density at radius 1 is 1.00 bits per heavy atom. The van der Waals surface area contributed by atoms with Gasteiger partial charge in [0.2, 0.25) is 5.91 Å². The van der Waals surface area contributed by atoms with Gasteiger partial charge in [0.15, 0.2) is 5.82 Å². The largest absolute Gasteiger partial charge is 0.488 e. The van der Waals surface area contributed by atoms with Crippen LogP contribution in [0.15, 0.2) is 85.1 Å². The number of likely N-dealkylation sites (N-methyl/N-ethyl adjacent to an activating group) is 1. The molecule has 8 nitrogen and oxygen atoms in total. The van der Waals surface area contributed by atoms with Gasteiger partial charge in [-0.05, 0) is 58.7 Å². The highest BCUT2D eigenvalue weighted by Crippen LogP contribution is 2.33. The van der Waals surface area contributed by atoms with Gasteiger partial charge in [0.25, 0.3) is 0 Å². The van der Waals surface area contributed by atoms with Crippen molar-refractivity contribution in [2.45, 2.75) is 26.5 Å². The van der Waals surface area contributed by atoms with E-state index in [1.165, 1.54) is 5.56 Å². The molecule has 8 heteroatoms. The zero-order valence-corrected chi connectivity index (χ0v) is 21.5. The number of fused-ring (bicyclic) bond motifs is 1. The molecule has 0 aliphatic rings. The molecule has 0 unspecified atom stereocenters. The molecule has 0 bridgehead atoms. The minimum absolute atomic E-state index is 0.0418. The number of hydrogen-bond acceptors (Lipinski definition) is 5. The Morgan fingerprint density at radius 2 is 1.74 bits per heavy atom. The van der Waals surface area contributed by atoms with Crippen LogP contribution >= 0.6 is 0 Å². The van der Waals surface area contributed by atoms with E-state index in [0.717, 1.165) is 39.8 Å². The molecule has 0 saturated heterocycles. The maximum Gasteiger partial charge on any atom is 0.242 e. The van der Waals surface area contributed by atoms with Gasteiger partial charge < -0.3 is 14.2 Å². The molecule has 0 aliphatic heterocycles. The summed E-state index contributed by atoms with van der Waals surface area (Å²) >= 11 is 0. The van der Waals surface area contributed by atoms with E-state index in [-0.39, 0.29) is 12.5 Å². The Labute approximate surface area is 221 Å². The molecule has 3 aromatic carbocycles. The van der Waals surface area contributed by atoms with E-state index in [9.17, 15) is 4.79 Å². The van der Waals surface area contributed by atoms with Gasteiger partial charge in [0.1, 0.15) is 18.9 Å². The number of carbonyl (C=O) groups excluding carboxylic acids is 1. The predicted octanol–water partition coefficient (Wildman–Crippen LogP) is 5.00. The number of rotatable bonds is 10. The van der Waals surface area contributed by atoms with Crippen LogP contribution in [0.1, 0.15) is 29.4 Å². The maximum absolute atomic E-state index is 13.2. The molecule has 38 heavy (non-hydrogen) atoms. The Morgan fingerprint density at radius 3 is 2.45 bits per heavy atom. The SMILES string of the molecule is C/C(=C\c1cn(CC(=O)N(C)CCc2ccccc2)c2cccc(OCc3ccccc3)c12)c1nnn[nH]1. The molecule has 0 spiro atoms. The monoisotopic (exact) mass is 506 g/mol. The lowest BCUT2D eigenvalue weighted by atomic mass is 10.1. The lowest BCUT2D eigenvalue weighted by Gasteiger charge is -2.18. The van der Waals surface area contributed by atoms with E-state index in [0.29, 0.717) is 19.0 Å². The zero-order valence-electron chi connectivity index (χ0n) is 21.5. The van der Waals surface area contributed by atoms with Crippen molar-refractivity contribution in [3.05, 3.63) is 108 Å². The van der Waals surface area contributed by atoms with E-state index in [4.69, 9.17) is 4.74 Å². The molecule has 2 heterocycles. The number of nitrogens with one attached hydrogen (secondary N) is 1. The third-order valence-electron chi connectivity index (χ3n) is 6.54. The molecular formula is C30H30N6O2. The van der Waals surface area contributed by atoms with E-state index in [1.54, 1.807) is 4.90 Å². The number of aromatic nitrogens is 5. The quantitative estimate of drug-likeness (QED) is 0.288. The van der Waals surface area contributed by atoms with Crippen molar-refractivity contribution in [2.24, 2.45) is 0 Å². The molecule has 1 amide bonds. The third kappa shape index (κ3) is 5.81. The number of allylic oxidation sites excluding steroid dienone is 1. The summed E-state index contributed by atoms with van der Waals surface area (Å²) in [5.74, 6) is 1.38. The Hall–Kier alpha value is -4.72. The van der Waals surface area contributed by atoms with Gasteiger partial charge >= 0.3 is 0 Å². The number of benzene rings is 3. The lowest BCUT2D eigenvalue weighted by molar-refractivity contribution is -0.130.